The van der Waals surface area contributed by atoms with Crippen molar-refractivity contribution in [2.24, 2.45) is 0 Å². The van der Waals surface area contributed by atoms with E-state index in [0.29, 0.717) is 35.4 Å². The van der Waals surface area contributed by atoms with Crippen LogP contribution in [0.4, 0.5) is 5.69 Å². The zero-order valence-corrected chi connectivity index (χ0v) is 16.4. The van der Waals surface area contributed by atoms with Crippen molar-refractivity contribution < 1.29 is 23.1 Å². The van der Waals surface area contributed by atoms with Crippen LogP contribution in [-0.2, 0) is 21.4 Å². The summed E-state index contributed by atoms with van der Waals surface area (Å²) in [5.41, 5.74) is 1.90. The number of hydrogen-bond acceptors (Lipinski definition) is 7. The number of carbonyl (C=O) groups is 1. The Morgan fingerprint density at radius 2 is 2.07 bits per heavy atom. The van der Waals surface area contributed by atoms with Gasteiger partial charge in [0, 0.05) is 17.9 Å². The number of fused-ring (bicyclic) bond motifs is 1. The van der Waals surface area contributed by atoms with Crippen LogP contribution in [0.2, 0.25) is 0 Å². The number of nitriles is 1. The minimum absolute atomic E-state index is 0.0428. The van der Waals surface area contributed by atoms with E-state index in [2.05, 4.69) is 11.1 Å². The molecule has 10 heteroatoms. The molecule has 0 saturated carbocycles. The third-order valence-corrected chi connectivity index (χ3v) is 5.94. The molecular weight excluding hydrogens is 408 g/mol. The second-order valence-electron chi connectivity index (χ2n) is 6.63. The van der Waals surface area contributed by atoms with Crippen LogP contribution in [0.1, 0.15) is 11.1 Å². The molecule has 9 nitrogen and oxygen atoms in total. The number of benzene rings is 2. The van der Waals surface area contributed by atoms with Crippen LogP contribution in [0, 0.1) is 11.3 Å². The average molecular weight is 424 g/mol. The summed E-state index contributed by atoms with van der Waals surface area (Å²) in [5, 5.41) is 19.8. The third-order valence-electron chi connectivity index (χ3n) is 4.55. The molecule has 2 N–H and O–H groups in total. The fraction of sp³-hybridized carbons (Fsp3) is 0.150. The van der Waals surface area contributed by atoms with Gasteiger partial charge in [-0.05, 0) is 35.9 Å². The summed E-state index contributed by atoms with van der Waals surface area (Å²) < 4.78 is 32.5. The maximum absolute atomic E-state index is 12.1. The number of carbonyl (C=O) groups excluding carboxylic acids is 1. The minimum Gasteiger partial charge on any atom is -0.506 e. The first kappa shape index (κ1) is 19.5. The van der Waals surface area contributed by atoms with Crippen LogP contribution in [0.25, 0.3) is 10.9 Å². The fourth-order valence-electron chi connectivity index (χ4n) is 3.14. The van der Waals surface area contributed by atoms with Crippen LogP contribution >= 0.6 is 0 Å². The quantitative estimate of drug-likeness (QED) is 0.636. The number of ether oxygens (including phenoxy) is 1. The van der Waals surface area contributed by atoms with E-state index in [-0.39, 0.29) is 11.4 Å². The summed E-state index contributed by atoms with van der Waals surface area (Å²) in [4.78, 5) is 15.8. The molecule has 4 rings (SSSR count). The molecule has 0 unspecified atom stereocenters. The zero-order valence-electron chi connectivity index (χ0n) is 15.6. The molecule has 0 bridgehead atoms. The van der Waals surface area contributed by atoms with Gasteiger partial charge in [-0.15, -0.1) is 0 Å². The molecule has 1 aliphatic rings. The molecule has 1 fully saturated rings. The fourth-order valence-corrected chi connectivity index (χ4v) is 4.30. The summed E-state index contributed by atoms with van der Waals surface area (Å²) in [6.45, 7) is -0.0867. The number of aromatic nitrogens is 1. The van der Waals surface area contributed by atoms with Crippen LogP contribution in [-0.4, -0.2) is 37.6 Å². The van der Waals surface area contributed by atoms with Crippen molar-refractivity contribution in [2.45, 2.75) is 6.42 Å². The molecule has 3 aromatic rings. The van der Waals surface area contributed by atoms with Crippen molar-refractivity contribution in [2.75, 3.05) is 17.5 Å². The van der Waals surface area contributed by atoms with Gasteiger partial charge in [-0.1, -0.05) is 12.1 Å². The second-order valence-corrected chi connectivity index (χ2v) is 8.23. The Hall–Kier alpha value is -3.84. The Morgan fingerprint density at radius 1 is 1.23 bits per heavy atom. The predicted octanol–water partition coefficient (Wildman–Crippen LogP) is 1.61. The highest BCUT2D eigenvalue weighted by Gasteiger charge is 2.35. The lowest BCUT2D eigenvalue weighted by molar-refractivity contribution is -0.117. The Morgan fingerprint density at radius 3 is 2.80 bits per heavy atom. The summed E-state index contributed by atoms with van der Waals surface area (Å²) >= 11 is 0. The summed E-state index contributed by atoms with van der Waals surface area (Å²) in [7, 11) is -4.05. The van der Waals surface area contributed by atoms with Gasteiger partial charge in [0.05, 0.1) is 29.4 Å². The summed E-state index contributed by atoms with van der Waals surface area (Å²) in [6.07, 6.45) is 0.579. The van der Waals surface area contributed by atoms with Gasteiger partial charge >= 0.3 is 10.2 Å². The number of phenols is 1. The largest absolute Gasteiger partial charge is 0.506 e. The molecule has 30 heavy (non-hydrogen) atoms. The third kappa shape index (κ3) is 3.83. The van der Waals surface area contributed by atoms with E-state index in [0.717, 1.165) is 9.87 Å². The molecule has 2 heterocycles. The van der Waals surface area contributed by atoms with E-state index in [4.69, 9.17) is 10.00 Å². The molecule has 0 radical (unpaired) electrons. The summed E-state index contributed by atoms with van der Waals surface area (Å²) in [6, 6.07) is 15.4. The normalized spacial score (nSPS) is 15.0. The van der Waals surface area contributed by atoms with Crippen molar-refractivity contribution in [1.82, 2.24) is 9.71 Å². The molecule has 152 valence electrons. The van der Waals surface area contributed by atoms with Gasteiger partial charge in [0.25, 0.3) is 5.91 Å². The van der Waals surface area contributed by atoms with Gasteiger partial charge in [0.15, 0.2) is 0 Å². The molecule has 0 aliphatic carbocycles. The van der Waals surface area contributed by atoms with Crippen molar-refractivity contribution in [3.05, 3.63) is 59.7 Å². The first-order valence-corrected chi connectivity index (χ1v) is 10.4. The van der Waals surface area contributed by atoms with Gasteiger partial charge in [-0.3, -0.25) is 4.79 Å². The number of pyridine rings is 1. The molecular formula is C20H16N4O5S. The Balaban J connectivity index is 1.55. The van der Waals surface area contributed by atoms with Gasteiger partial charge in [0.2, 0.25) is 5.88 Å². The standard InChI is InChI=1S/C20H16N4O5S/c21-11-14-3-1-2-13(8-14)6-7-29-20-5-4-15-9-18(25)17(10-16(15)22-20)24-12-19(26)23-30(24,27)28/h1-5,8-10,25H,6-7,12H2,(H,23,26). The number of hydrogen-bond donors (Lipinski definition) is 2. The SMILES string of the molecule is N#Cc1cccc(CCOc2ccc3cc(O)c(N4CC(=O)NS4(=O)=O)cc3n2)c1. The maximum Gasteiger partial charge on any atom is 0.326 e. The Kier molecular flexibility index (Phi) is 4.89. The monoisotopic (exact) mass is 424 g/mol. The molecule has 0 spiro atoms. The lowest BCUT2D eigenvalue weighted by atomic mass is 10.1. The van der Waals surface area contributed by atoms with Gasteiger partial charge < -0.3 is 9.84 Å². The van der Waals surface area contributed by atoms with Crippen molar-refractivity contribution in [3.63, 3.8) is 0 Å². The number of nitrogens with zero attached hydrogens (tertiary/aromatic N) is 3. The lowest BCUT2D eigenvalue weighted by Gasteiger charge is -2.16. The Labute approximate surface area is 172 Å². The number of phenolic OH excluding ortho intramolecular Hbond substituents is 1. The highest BCUT2D eigenvalue weighted by molar-refractivity contribution is 7.92. The van der Waals surface area contributed by atoms with Crippen molar-refractivity contribution >= 4 is 32.7 Å². The number of nitrogens with one attached hydrogen (secondary N) is 1. The topological polar surface area (TPSA) is 133 Å². The molecule has 1 aromatic heterocycles. The van der Waals surface area contributed by atoms with Gasteiger partial charge in [-0.25, -0.2) is 14.0 Å². The number of amides is 1. The molecule has 1 saturated heterocycles. The van der Waals surface area contributed by atoms with Crippen LogP contribution in [0.5, 0.6) is 11.6 Å². The molecule has 1 amide bonds. The van der Waals surface area contributed by atoms with Crippen molar-refractivity contribution in [3.8, 4) is 17.7 Å². The van der Waals surface area contributed by atoms with E-state index in [1.807, 2.05) is 16.9 Å². The lowest BCUT2D eigenvalue weighted by Crippen LogP contribution is -2.29. The van der Waals surface area contributed by atoms with E-state index in [1.54, 1.807) is 24.3 Å². The Bertz CT molecular complexity index is 1300. The molecule has 0 atom stereocenters. The van der Waals surface area contributed by atoms with Gasteiger partial charge in [-0.2, -0.15) is 13.7 Å². The molecule has 1 aliphatic heterocycles. The van der Waals surface area contributed by atoms with E-state index in [1.165, 1.54) is 12.1 Å². The van der Waals surface area contributed by atoms with Crippen LogP contribution < -0.4 is 13.8 Å². The van der Waals surface area contributed by atoms with E-state index in [9.17, 15) is 18.3 Å². The van der Waals surface area contributed by atoms with E-state index < -0.39 is 22.7 Å². The molecule has 2 aromatic carbocycles. The number of rotatable bonds is 5. The zero-order chi connectivity index (χ0) is 21.3. The maximum atomic E-state index is 12.1. The number of anilines is 1. The van der Waals surface area contributed by atoms with Crippen LogP contribution in [0.3, 0.4) is 0 Å². The first-order valence-electron chi connectivity index (χ1n) is 8.95. The van der Waals surface area contributed by atoms with Gasteiger partial charge in [0.1, 0.15) is 12.3 Å². The first-order chi connectivity index (χ1) is 14.4. The second kappa shape index (κ2) is 7.53. The summed E-state index contributed by atoms with van der Waals surface area (Å²) in [5.74, 6) is -0.635. The predicted molar refractivity (Wildman–Crippen MR) is 108 cm³/mol. The highest BCUT2D eigenvalue weighted by Crippen LogP contribution is 2.34. The average Bonchev–Trinajstić information content (AvgIpc) is 2.99. The minimum atomic E-state index is -4.05. The highest BCUT2D eigenvalue weighted by atomic mass is 32.2. The van der Waals surface area contributed by atoms with E-state index >= 15 is 0 Å². The number of aromatic hydroxyl groups is 1. The van der Waals surface area contributed by atoms with Crippen molar-refractivity contribution in [1.29, 1.82) is 5.26 Å². The smallest absolute Gasteiger partial charge is 0.326 e. The van der Waals surface area contributed by atoms with Crippen LogP contribution in [0.15, 0.2) is 48.5 Å².